The summed E-state index contributed by atoms with van der Waals surface area (Å²) < 4.78 is 1.94. The summed E-state index contributed by atoms with van der Waals surface area (Å²) in [5.41, 5.74) is 5.15. The highest BCUT2D eigenvalue weighted by Crippen LogP contribution is 2.49. The number of rotatable bonds is 14. The number of Topliss-reactive ketones (excluding diaryl/α,β-unsaturated/α-hetero) is 1. The molecule has 296 valence electrons. The molecule has 1 aromatic carbocycles. The summed E-state index contributed by atoms with van der Waals surface area (Å²) >= 11 is 2.28. The standard InChI is InChI=1S/C35H37N7O12S2/c1-42(18-2-3-19(42)5-15(4-18)11-40-30(48)20-7-24(44)23(43)6-16(20)10-37-40)12-17-13-55-32-21(31(49)41(32)29(17)34(52)53)8-25(45)28(22-14-56-35(36)38-22)39-54-26(33(50)51)9-27(46)47/h6-7,10,14-15,18-19,21,26,32H,2-5,8-9,11-13H2,1H3,(H6-,36,37,38,39,43,44,45,46,47,48,50,51,52,53)/t15?,18-,19+,21-,26+,32-,42?/m1/s1. The van der Waals surface area contributed by atoms with Crippen LogP contribution in [0.25, 0.3) is 10.8 Å². The topological polar surface area (TPSA) is 288 Å². The van der Waals surface area contributed by atoms with Gasteiger partial charge in [-0.3, -0.25) is 24.1 Å². The zero-order chi connectivity index (χ0) is 40.2. The van der Waals surface area contributed by atoms with Crippen molar-refractivity contribution in [1.82, 2.24) is 19.7 Å². The summed E-state index contributed by atoms with van der Waals surface area (Å²) in [6.45, 7) is 0.711. The first-order chi connectivity index (χ1) is 26.5. The van der Waals surface area contributed by atoms with Crippen LogP contribution in [0, 0.1) is 11.8 Å². The smallest absolute Gasteiger partial charge is 0.348 e. The SMILES string of the molecule is C[N+]1(CC2=C(C(=O)[O-])N3C(=O)[C@@H](CC(=O)/C(=N\O[C@@H](CC(=O)O)C(=O)O)c4csc(N)n4)[C@H]3SC2)[C@@H]2CC[C@H]1CC(Cn1ncc3cc(O)c(O)cc3c1=O)C2. The van der Waals surface area contributed by atoms with Crippen molar-refractivity contribution in [2.75, 3.05) is 25.1 Å². The van der Waals surface area contributed by atoms with Gasteiger partial charge in [-0.15, -0.1) is 23.1 Å². The van der Waals surface area contributed by atoms with Gasteiger partial charge in [0.15, 0.2) is 28.1 Å². The molecule has 56 heavy (non-hydrogen) atoms. The van der Waals surface area contributed by atoms with E-state index in [-0.39, 0.29) is 57.0 Å². The third kappa shape index (κ3) is 7.05. The molecule has 3 saturated heterocycles. The molecule has 2 bridgehead atoms. The van der Waals surface area contributed by atoms with Crippen LogP contribution < -0.4 is 16.4 Å². The minimum absolute atomic E-state index is 0.0571. The molecule has 0 aliphatic carbocycles. The predicted molar refractivity (Wildman–Crippen MR) is 196 cm³/mol. The number of phenolic OH excluding ortho intramolecular Hbond substituents is 2. The third-order valence-electron chi connectivity index (χ3n) is 11.3. The van der Waals surface area contributed by atoms with Crippen molar-refractivity contribution in [2.24, 2.45) is 17.0 Å². The number of thioether (sulfide) groups is 1. The summed E-state index contributed by atoms with van der Waals surface area (Å²) in [5.74, 6) is -7.32. The summed E-state index contributed by atoms with van der Waals surface area (Å²) in [6.07, 6.45) is 1.45. The maximum Gasteiger partial charge on any atom is 0.348 e. The molecule has 0 saturated carbocycles. The van der Waals surface area contributed by atoms with Crippen LogP contribution in [0.4, 0.5) is 5.13 Å². The van der Waals surface area contributed by atoms with Crippen molar-refractivity contribution in [1.29, 1.82) is 0 Å². The highest BCUT2D eigenvalue weighted by molar-refractivity contribution is 8.00. The van der Waals surface area contributed by atoms with E-state index in [9.17, 15) is 49.2 Å². The number of aromatic nitrogens is 3. The van der Waals surface area contributed by atoms with Crippen LogP contribution in [-0.2, 0) is 35.4 Å². The average Bonchev–Trinajstić information content (AvgIpc) is 3.60. The molecule has 3 aromatic rings. The Bertz CT molecular complexity index is 2270. The largest absolute Gasteiger partial charge is 0.543 e. The van der Waals surface area contributed by atoms with Gasteiger partial charge in [0.1, 0.15) is 12.2 Å². The van der Waals surface area contributed by atoms with Crippen LogP contribution in [0.5, 0.6) is 11.5 Å². The van der Waals surface area contributed by atoms with Crippen molar-refractivity contribution in [2.45, 2.75) is 68.6 Å². The van der Waals surface area contributed by atoms with Gasteiger partial charge in [0, 0.05) is 60.7 Å². The van der Waals surface area contributed by atoms with Gasteiger partial charge in [-0.2, -0.15) is 5.10 Å². The van der Waals surface area contributed by atoms with E-state index in [1.165, 1.54) is 40.2 Å². The monoisotopic (exact) mass is 811 g/mol. The van der Waals surface area contributed by atoms with Crippen molar-refractivity contribution >= 4 is 74.3 Å². The van der Waals surface area contributed by atoms with Crippen molar-refractivity contribution in [3.63, 3.8) is 0 Å². The Morgan fingerprint density at radius 1 is 1.12 bits per heavy atom. The molecule has 3 fully saturated rings. The summed E-state index contributed by atoms with van der Waals surface area (Å²) in [5, 5.41) is 60.2. The van der Waals surface area contributed by atoms with Gasteiger partial charge in [0.05, 0.1) is 60.1 Å². The molecule has 21 heteroatoms. The molecule has 0 radical (unpaired) electrons. The van der Waals surface area contributed by atoms with Gasteiger partial charge < -0.3 is 45.4 Å². The molecule has 4 aliphatic rings. The number of benzene rings is 1. The quantitative estimate of drug-likeness (QED) is 0.0474. The molecule has 2 aromatic heterocycles. The zero-order valence-corrected chi connectivity index (χ0v) is 31.4. The van der Waals surface area contributed by atoms with Crippen LogP contribution in [0.3, 0.4) is 0 Å². The molecule has 7 atom stereocenters. The van der Waals surface area contributed by atoms with E-state index in [2.05, 4.69) is 22.3 Å². The number of piperidine rings is 1. The number of ketones is 1. The highest BCUT2D eigenvalue weighted by atomic mass is 32.2. The molecule has 2 unspecified atom stereocenters. The Hall–Kier alpha value is -5.54. The number of oxime groups is 1. The maximum atomic E-state index is 13.6. The first kappa shape index (κ1) is 38.7. The number of nitrogens with zero attached hydrogens (tertiary/aromatic N) is 6. The lowest BCUT2D eigenvalue weighted by atomic mass is 9.87. The average molecular weight is 812 g/mol. The molecule has 7 rings (SSSR count). The Kier molecular flexibility index (Phi) is 10.3. The van der Waals surface area contributed by atoms with Crippen LogP contribution in [0.15, 0.2) is 44.9 Å². The fourth-order valence-corrected chi connectivity index (χ4v) is 10.5. The minimum Gasteiger partial charge on any atom is -0.543 e. The fourth-order valence-electron chi connectivity index (χ4n) is 8.56. The minimum atomic E-state index is -1.92. The number of nitrogens with two attached hydrogens (primary N) is 1. The molecule has 1 amide bonds. The Labute approximate surface area is 325 Å². The normalized spacial score (nSPS) is 26.4. The number of aromatic hydroxyl groups is 2. The highest BCUT2D eigenvalue weighted by Gasteiger charge is 2.56. The predicted octanol–water partition coefficient (Wildman–Crippen LogP) is 0.0773. The van der Waals surface area contributed by atoms with E-state index in [1.807, 2.05) is 0 Å². The number of nitrogen functional groups attached to an aromatic ring is 1. The second kappa shape index (κ2) is 14.8. The molecule has 6 N–H and O–H groups in total. The maximum absolute atomic E-state index is 13.6. The van der Waals surface area contributed by atoms with Gasteiger partial charge in [-0.05, 0) is 18.1 Å². The van der Waals surface area contributed by atoms with Gasteiger partial charge >= 0.3 is 11.9 Å². The number of likely N-dealkylation sites (N-methyl/N-ethyl adjacent to an activating group) is 1. The van der Waals surface area contributed by atoms with Crippen molar-refractivity contribution in [3.8, 4) is 11.5 Å². The van der Waals surface area contributed by atoms with Crippen molar-refractivity contribution in [3.05, 3.63) is 51.0 Å². The summed E-state index contributed by atoms with van der Waals surface area (Å²) in [7, 11) is 2.09. The molecule has 19 nitrogen and oxygen atoms in total. The van der Waals surface area contributed by atoms with E-state index in [4.69, 9.17) is 15.7 Å². The van der Waals surface area contributed by atoms with E-state index < -0.39 is 71.3 Å². The Balaban J connectivity index is 1.05. The lowest BCUT2D eigenvalue weighted by molar-refractivity contribution is -0.945. The number of carboxylic acid groups (broad SMARTS) is 3. The number of anilines is 1. The second-order valence-electron chi connectivity index (χ2n) is 14.7. The van der Waals surface area contributed by atoms with Gasteiger partial charge in [0.25, 0.3) is 5.56 Å². The lowest BCUT2D eigenvalue weighted by Gasteiger charge is -2.53. The number of β-lactam (4-membered cyclic amide) rings is 1. The number of quaternary nitrogens is 1. The van der Waals surface area contributed by atoms with Crippen LogP contribution in [0.2, 0.25) is 0 Å². The van der Waals surface area contributed by atoms with Gasteiger partial charge in [-0.25, -0.2) is 14.5 Å². The number of carboxylic acids is 3. The number of carbonyl (C=O) groups excluding carboxylic acids is 3. The first-order valence-electron chi connectivity index (χ1n) is 17.6. The number of carbonyl (C=O) groups is 5. The Morgan fingerprint density at radius 2 is 1.82 bits per heavy atom. The third-order valence-corrected chi connectivity index (χ3v) is 13.4. The van der Waals surface area contributed by atoms with Crippen LogP contribution in [-0.4, -0.2) is 123 Å². The van der Waals surface area contributed by atoms with Crippen molar-refractivity contribution < 1.29 is 58.8 Å². The lowest BCUT2D eigenvalue weighted by Crippen LogP contribution is -2.64. The van der Waals surface area contributed by atoms with E-state index in [0.29, 0.717) is 28.5 Å². The summed E-state index contributed by atoms with van der Waals surface area (Å²) in [4.78, 5) is 85.9. The number of fused-ring (bicyclic) bond motifs is 4. The Morgan fingerprint density at radius 3 is 2.45 bits per heavy atom. The number of hydrogen-bond donors (Lipinski definition) is 5. The number of phenols is 2. The molecule has 6 heterocycles. The van der Waals surface area contributed by atoms with Gasteiger partial charge in [-0.1, -0.05) is 5.16 Å². The molecular formula is C35H37N7O12S2. The molecule has 4 aliphatic heterocycles. The van der Waals surface area contributed by atoms with Crippen LogP contribution in [0.1, 0.15) is 44.2 Å². The molecular weight excluding hydrogens is 775 g/mol. The van der Waals surface area contributed by atoms with E-state index in [0.717, 1.165) is 41.9 Å². The number of thiazole rings is 1. The zero-order valence-electron chi connectivity index (χ0n) is 29.8. The second-order valence-corrected chi connectivity index (χ2v) is 16.7. The number of hydrogen-bond acceptors (Lipinski definition) is 16. The number of amides is 1. The van der Waals surface area contributed by atoms with Crippen LogP contribution >= 0.6 is 23.1 Å². The van der Waals surface area contributed by atoms with E-state index in [1.54, 1.807) is 0 Å². The fraction of sp³-hybridized carbons (Fsp3) is 0.457. The summed E-state index contributed by atoms with van der Waals surface area (Å²) in [6, 6.07) is 2.80. The number of aliphatic carboxylic acids is 3. The van der Waals surface area contributed by atoms with E-state index >= 15 is 0 Å². The first-order valence-corrected chi connectivity index (χ1v) is 19.6. The van der Waals surface area contributed by atoms with Gasteiger partial charge in [0.2, 0.25) is 12.0 Å². The molecule has 0 spiro atoms.